The fraction of sp³-hybridized carbons (Fsp3) is 0.304. The van der Waals surface area contributed by atoms with E-state index < -0.39 is 11.9 Å². The zero-order chi connectivity index (χ0) is 22.1. The van der Waals surface area contributed by atoms with Crippen LogP contribution < -0.4 is 15.4 Å². The number of hydrogen-bond donors (Lipinski definition) is 2. The summed E-state index contributed by atoms with van der Waals surface area (Å²) in [6.07, 6.45) is 0.254. The number of aryl methyl sites for hydroxylation is 3. The van der Waals surface area contributed by atoms with E-state index in [0.29, 0.717) is 35.5 Å². The number of ether oxygens (including phenoxy) is 2. The largest absolute Gasteiger partial charge is 0.484 e. The summed E-state index contributed by atoms with van der Waals surface area (Å²) in [5.41, 5.74) is 3.57. The Hall–Kier alpha value is -3.35. The number of amides is 2. The van der Waals surface area contributed by atoms with Crippen molar-refractivity contribution >= 4 is 17.7 Å². The van der Waals surface area contributed by atoms with Gasteiger partial charge in [0.25, 0.3) is 5.91 Å². The second kappa shape index (κ2) is 11.0. The van der Waals surface area contributed by atoms with Gasteiger partial charge in [0.15, 0.2) is 6.61 Å². The predicted molar refractivity (Wildman–Crippen MR) is 114 cm³/mol. The molecule has 2 N–H and O–H groups in total. The van der Waals surface area contributed by atoms with Crippen molar-refractivity contribution in [2.45, 2.75) is 33.6 Å². The molecule has 7 heteroatoms. The van der Waals surface area contributed by atoms with Gasteiger partial charge in [-0.25, -0.2) is 9.18 Å². The summed E-state index contributed by atoms with van der Waals surface area (Å²) < 4.78 is 24.0. The van der Waals surface area contributed by atoms with Crippen molar-refractivity contribution in [2.24, 2.45) is 0 Å². The van der Waals surface area contributed by atoms with Gasteiger partial charge in [-0.2, -0.15) is 0 Å². The maximum absolute atomic E-state index is 13.5. The van der Waals surface area contributed by atoms with E-state index in [1.807, 2.05) is 32.0 Å². The molecule has 0 aliphatic carbocycles. The average Bonchev–Trinajstić information content (AvgIpc) is 2.69. The summed E-state index contributed by atoms with van der Waals surface area (Å²) in [4.78, 5) is 23.7. The zero-order valence-corrected chi connectivity index (χ0v) is 17.5. The van der Waals surface area contributed by atoms with Gasteiger partial charge in [-0.3, -0.25) is 10.1 Å². The lowest BCUT2D eigenvalue weighted by atomic mass is 10.1. The second-order valence-corrected chi connectivity index (χ2v) is 7.01. The van der Waals surface area contributed by atoms with Crippen molar-refractivity contribution in [3.05, 3.63) is 71.2 Å². The van der Waals surface area contributed by atoms with Crippen LogP contribution in [0, 0.1) is 26.6 Å². The fourth-order valence-electron chi connectivity index (χ4n) is 2.52. The van der Waals surface area contributed by atoms with Gasteiger partial charge < -0.3 is 14.8 Å². The third-order valence-corrected chi connectivity index (χ3v) is 4.44. The Kier molecular flexibility index (Phi) is 8.41. The summed E-state index contributed by atoms with van der Waals surface area (Å²) in [6, 6.07) is 10.0. The molecule has 0 unspecified atom stereocenters. The Bertz CT molecular complexity index is 927. The monoisotopic (exact) mass is 414 g/mol. The van der Waals surface area contributed by atoms with E-state index in [9.17, 15) is 14.0 Å². The summed E-state index contributed by atoms with van der Waals surface area (Å²) in [6.45, 7) is 9.43. The minimum Gasteiger partial charge on any atom is -0.484 e. The average molecular weight is 414 g/mol. The SMILES string of the molecule is C=C(CCCOC(=O)Nc1ccc(C)c(F)c1)NC(=O)COc1ccc(C)c(C)c1. The lowest BCUT2D eigenvalue weighted by molar-refractivity contribution is -0.122. The molecule has 0 spiro atoms. The maximum Gasteiger partial charge on any atom is 0.411 e. The van der Waals surface area contributed by atoms with Crippen LogP contribution in [-0.4, -0.2) is 25.2 Å². The summed E-state index contributed by atoms with van der Waals surface area (Å²) in [7, 11) is 0. The molecule has 0 aromatic heterocycles. The van der Waals surface area contributed by atoms with Crippen LogP contribution in [0.4, 0.5) is 14.9 Å². The van der Waals surface area contributed by atoms with Gasteiger partial charge in [-0.05, 0) is 74.6 Å². The van der Waals surface area contributed by atoms with Crippen molar-refractivity contribution in [3.8, 4) is 5.75 Å². The minimum atomic E-state index is -0.672. The van der Waals surface area contributed by atoms with Crippen LogP contribution in [-0.2, 0) is 9.53 Å². The van der Waals surface area contributed by atoms with E-state index in [2.05, 4.69) is 17.2 Å². The highest BCUT2D eigenvalue weighted by atomic mass is 19.1. The molecule has 0 fully saturated rings. The van der Waals surface area contributed by atoms with Crippen molar-refractivity contribution in [1.82, 2.24) is 5.32 Å². The number of carbonyl (C=O) groups excluding carboxylic acids is 2. The molecule has 2 aromatic carbocycles. The molecule has 0 heterocycles. The number of anilines is 1. The molecule has 0 aliphatic heterocycles. The van der Waals surface area contributed by atoms with E-state index >= 15 is 0 Å². The highest BCUT2D eigenvalue weighted by Gasteiger charge is 2.08. The van der Waals surface area contributed by atoms with E-state index in [1.165, 1.54) is 6.07 Å². The molecule has 0 saturated carbocycles. The number of nitrogens with one attached hydrogen (secondary N) is 2. The van der Waals surface area contributed by atoms with Gasteiger partial charge in [-0.1, -0.05) is 18.7 Å². The molecule has 30 heavy (non-hydrogen) atoms. The Morgan fingerprint density at radius 2 is 1.77 bits per heavy atom. The molecule has 0 bridgehead atoms. The summed E-state index contributed by atoms with van der Waals surface area (Å²) in [5.74, 6) is -0.0775. The number of allylic oxidation sites excluding steroid dienone is 1. The van der Waals surface area contributed by atoms with Crippen molar-refractivity contribution in [1.29, 1.82) is 0 Å². The molecular weight excluding hydrogens is 387 g/mol. The van der Waals surface area contributed by atoms with Crippen LogP contribution in [0.3, 0.4) is 0 Å². The van der Waals surface area contributed by atoms with Crippen LogP contribution in [0.5, 0.6) is 5.75 Å². The second-order valence-electron chi connectivity index (χ2n) is 7.01. The van der Waals surface area contributed by atoms with Crippen LogP contribution in [0.1, 0.15) is 29.5 Å². The normalized spacial score (nSPS) is 10.3. The zero-order valence-electron chi connectivity index (χ0n) is 17.5. The van der Waals surface area contributed by atoms with Crippen molar-refractivity contribution < 1.29 is 23.5 Å². The molecule has 0 saturated heterocycles. The molecule has 160 valence electrons. The first kappa shape index (κ1) is 22.9. The van der Waals surface area contributed by atoms with Gasteiger partial charge in [-0.15, -0.1) is 0 Å². The molecule has 0 atom stereocenters. The Balaban J connectivity index is 1.61. The van der Waals surface area contributed by atoms with Crippen LogP contribution in [0.2, 0.25) is 0 Å². The van der Waals surface area contributed by atoms with E-state index in [1.54, 1.807) is 19.1 Å². The van der Waals surface area contributed by atoms with Crippen LogP contribution >= 0.6 is 0 Å². The first-order valence-electron chi connectivity index (χ1n) is 9.62. The van der Waals surface area contributed by atoms with E-state index in [0.717, 1.165) is 11.1 Å². The number of halogens is 1. The van der Waals surface area contributed by atoms with Gasteiger partial charge >= 0.3 is 6.09 Å². The molecule has 0 radical (unpaired) electrons. The molecule has 0 aliphatic rings. The molecule has 2 aromatic rings. The molecule has 2 rings (SSSR count). The molecule has 6 nitrogen and oxygen atoms in total. The minimum absolute atomic E-state index is 0.118. The third-order valence-electron chi connectivity index (χ3n) is 4.44. The van der Waals surface area contributed by atoms with Gasteiger partial charge in [0, 0.05) is 11.4 Å². The Labute approximate surface area is 176 Å². The quantitative estimate of drug-likeness (QED) is 0.579. The van der Waals surface area contributed by atoms with Gasteiger partial charge in [0.05, 0.1) is 6.61 Å². The fourth-order valence-corrected chi connectivity index (χ4v) is 2.52. The topological polar surface area (TPSA) is 76.7 Å². The third kappa shape index (κ3) is 7.58. The predicted octanol–water partition coefficient (Wildman–Crippen LogP) is 4.79. The van der Waals surface area contributed by atoms with Crippen molar-refractivity contribution in [3.63, 3.8) is 0 Å². The van der Waals surface area contributed by atoms with E-state index in [-0.39, 0.29) is 19.1 Å². The lowest BCUT2D eigenvalue weighted by Crippen LogP contribution is -2.28. The Morgan fingerprint density at radius 1 is 1.03 bits per heavy atom. The Morgan fingerprint density at radius 3 is 2.47 bits per heavy atom. The van der Waals surface area contributed by atoms with Crippen LogP contribution in [0.15, 0.2) is 48.7 Å². The van der Waals surface area contributed by atoms with Gasteiger partial charge in [0.2, 0.25) is 0 Å². The number of carbonyl (C=O) groups is 2. The maximum atomic E-state index is 13.5. The number of rotatable bonds is 9. The summed E-state index contributed by atoms with van der Waals surface area (Å²) >= 11 is 0. The van der Waals surface area contributed by atoms with Crippen LogP contribution in [0.25, 0.3) is 0 Å². The summed E-state index contributed by atoms with van der Waals surface area (Å²) in [5, 5.41) is 5.12. The first-order chi connectivity index (χ1) is 14.2. The highest BCUT2D eigenvalue weighted by molar-refractivity contribution is 5.84. The number of hydrogen-bond acceptors (Lipinski definition) is 4. The van der Waals surface area contributed by atoms with Gasteiger partial charge in [0.1, 0.15) is 11.6 Å². The number of benzene rings is 2. The highest BCUT2D eigenvalue weighted by Crippen LogP contribution is 2.16. The molecule has 2 amide bonds. The lowest BCUT2D eigenvalue weighted by Gasteiger charge is -2.11. The standard InChI is InChI=1S/C23H27FN2O4/c1-15-8-10-20(12-17(15)3)30-14-22(27)25-18(4)6-5-11-29-23(28)26-19-9-7-16(2)21(24)13-19/h7-10,12-13H,4-6,11,14H2,1-3H3,(H,25,27)(H,26,28). The smallest absolute Gasteiger partial charge is 0.411 e. The van der Waals surface area contributed by atoms with E-state index in [4.69, 9.17) is 9.47 Å². The molecular formula is C23H27FN2O4. The first-order valence-corrected chi connectivity index (χ1v) is 9.62. The van der Waals surface area contributed by atoms with Crippen molar-refractivity contribution in [2.75, 3.05) is 18.5 Å².